The van der Waals surface area contributed by atoms with E-state index in [1.165, 1.54) is 24.3 Å². The van der Waals surface area contributed by atoms with Crippen molar-refractivity contribution < 1.29 is 9.72 Å². The standard InChI is InChI=1S/C13H7Cl3N2O3/c14-7-1-4-12(11(16)5-7)17-13(19)9-6-8(18(20)21)2-3-10(9)15/h1-6H,(H,17,19). The predicted molar refractivity (Wildman–Crippen MR) is 82.5 cm³/mol. The number of hydrogen-bond donors (Lipinski definition) is 1. The summed E-state index contributed by atoms with van der Waals surface area (Å²) in [5.74, 6) is -0.604. The number of anilines is 1. The number of rotatable bonds is 3. The number of amides is 1. The highest BCUT2D eigenvalue weighted by molar-refractivity contribution is 6.37. The molecule has 0 spiro atoms. The third kappa shape index (κ3) is 3.64. The van der Waals surface area contributed by atoms with E-state index in [4.69, 9.17) is 34.8 Å². The van der Waals surface area contributed by atoms with Crippen LogP contribution in [-0.4, -0.2) is 10.8 Å². The van der Waals surface area contributed by atoms with Crippen LogP contribution in [-0.2, 0) is 0 Å². The van der Waals surface area contributed by atoms with Crippen molar-refractivity contribution in [2.75, 3.05) is 5.32 Å². The van der Waals surface area contributed by atoms with Gasteiger partial charge in [0.1, 0.15) is 0 Å². The van der Waals surface area contributed by atoms with Crippen molar-refractivity contribution in [2.45, 2.75) is 0 Å². The lowest BCUT2D eigenvalue weighted by Gasteiger charge is -2.08. The van der Waals surface area contributed by atoms with Crippen LogP contribution in [0.4, 0.5) is 11.4 Å². The molecular weight excluding hydrogens is 339 g/mol. The minimum Gasteiger partial charge on any atom is -0.321 e. The van der Waals surface area contributed by atoms with Crippen LogP contribution in [0.2, 0.25) is 15.1 Å². The SMILES string of the molecule is O=C(Nc1ccc(Cl)cc1Cl)c1cc([N+](=O)[O-])ccc1Cl. The van der Waals surface area contributed by atoms with Gasteiger partial charge in [0.25, 0.3) is 11.6 Å². The van der Waals surface area contributed by atoms with E-state index in [2.05, 4.69) is 5.32 Å². The maximum atomic E-state index is 12.1. The molecule has 0 aliphatic carbocycles. The molecule has 0 heterocycles. The highest BCUT2D eigenvalue weighted by Gasteiger charge is 2.16. The van der Waals surface area contributed by atoms with E-state index in [9.17, 15) is 14.9 Å². The minimum atomic E-state index is -0.609. The highest BCUT2D eigenvalue weighted by atomic mass is 35.5. The Morgan fingerprint density at radius 1 is 1.05 bits per heavy atom. The van der Waals surface area contributed by atoms with Gasteiger partial charge in [0.05, 0.1) is 26.2 Å². The topological polar surface area (TPSA) is 72.2 Å². The summed E-state index contributed by atoms with van der Waals surface area (Å²) in [6.45, 7) is 0. The molecular formula is C13H7Cl3N2O3. The fourth-order valence-electron chi connectivity index (χ4n) is 1.58. The van der Waals surface area contributed by atoms with Gasteiger partial charge in [0.15, 0.2) is 0 Å². The molecule has 2 rings (SSSR count). The number of nitrogens with zero attached hydrogens (tertiary/aromatic N) is 1. The molecule has 8 heteroatoms. The molecule has 0 fully saturated rings. The first-order chi connectivity index (χ1) is 9.88. The third-order valence-corrected chi connectivity index (χ3v) is 3.46. The smallest absolute Gasteiger partial charge is 0.270 e. The Morgan fingerprint density at radius 3 is 2.38 bits per heavy atom. The minimum absolute atomic E-state index is 0.0168. The van der Waals surface area contributed by atoms with Gasteiger partial charge in [-0.2, -0.15) is 0 Å². The van der Waals surface area contributed by atoms with Crippen LogP contribution in [0, 0.1) is 10.1 Å². The average molecular weight is 346 g/mol. The van der Waals surface area contributed by atoms with Crippen LogP contribution >= 0.6 is 34.8 Å². The number of nitro benzene ring substituents is 1. The number of non-ortho nitro benzene ring substituents is 1. The van der Waals surface area contributed by atoms with Gasteiger partial charge < -0.3 is 5.32 Å². The maximum Gasteiger partial charge on any atom is 0.270 e. The van der Waals surface area contributed by atoms with Crippen molar-refractivity contribution in [1.82, 2.24) is 0 Å². The molecule has 2 aromatic carbocycles. The average Bonchev–Trinajstić information content (AvgIpc) is 2.42. The molecule has 0 saturated heterocycles. The first-order valence-corrected chi connectivity index (χ1v) is 6.72. The predicted octanol–water partition coefficient (Wildman–Crippen LogP) is 4.81. The number of benzene rings is 2. The molecule has 0 aliphatic rings. The van der Waals surface area contributed by atoms with Gasteiger partial charge in [-0.05, 0) is 24.3 Å². The van der Waals surface area contributed by atoms with Crippen molar-refractivity contribution in [1.29, 1.82) is 0 Å². The second-order valence-corrected chi connectivity index (χ2v) is 5.25. The molecule has 0 radical (unpaired) electrons. The van der Waals surface area contributed by atoms with Gasteiger partial charge >= 0.3 is 0 Å². The molecule has 21 heavy (non-hydrogen) atoms. The van der Waals surface area contributed by atoms with Crippen molar-refractivity contribution >= 4 is 52.1 Å². The van der Waals surface area contributed by atoms with Gasteiger partial charge in [0.2, 0.25) is 0 Å². The van der Waals surface area contributed by atoms with Crippen LogP contribution in [0.3, 0.4) is 0 Å². The zero-order valence-electron chi connectivity index (χ0n) is 10.3. The summed E-state index contributed by atoms with van der Waals surface area (Å²) >= 11 is 17.6. The first-order valence-electron chi connectivity index (χ1n) is 5.59. The molecule has 0 saturated carbocycles. The van der Waals surface area contributed by atoms with Crippen LogP contribution in [0.1, 0.15) is 10.4 Å². The Hall–Kier alpha value is -1.82. The molecule has 0 bridgehead atoms. The van der Waals surface area contributed by atoms with Gasteiger partial charge in [-0.15, -0.1) is 0 Å². The summed E-state index contributed by atoms with van der Waals surface area (Å²) in [6.07, 6.45) is 0. The molecule has 0 atom stereocenters. The van der Waals surface area contributed by atoms with Crippen LogP contribution in [0.15, 0.2) is 36.4 Å². The van der Waals surface area contributed by atoms with E-state index >= 15 is 0 Å². The second-order valence-electron chi connectivity index (χ2n) is 4.00. The lowest BCUT2D eigenvalue weighted by molar-refractivity contribution is -0.384. The fraction of sp³-hybridized carbons (Fsp3) is 0. The maximum absolute atomic E-state index is 12.1. The summed E-state index contributed by atoms with van der Waals surface area (Å²) in [5.41, 5.74) is 0.0808. The Bertz CT molecular complexity index is 735. The molecule has 5 nitrogen and oxygen atoms in total. The number of hydrogen-bond acceptors (Lipinski definition) is 3. The normalized spacial score (nSPS) is 10.2. The summed E-state index contributed by atoms with van der Waals surface area (Å²) in [4.78, 5) is 22.3. The number of nitrogens with one attached hydrogen (secondary N) is 1. The summed E-state index contributed by atoms with van der Waals surface area (Å²) in [6, 6.07) is 8.15. The third-order valence-electron chi connectivity index (χ3n) is 2.58. The number of nitro groups is 1. The summed E-state index contributed by atoms with van der Waals surface area (Å²) < 4.78 is 0. The van der Waals surface area contributed by atoms with Crippen molar-refractivity contribution in [3.63, 3.8) is 0 Å². The Labute approximate surface area is 134 Å². The Kier molecular flexibility index (Phi) is 4.67. The van der Waals surface area contributed by atoms with Crippen molar-refractivity contribution in [3.05, 3.63) is 67.1 Å². The van der Waals surface area contributed by atoms with Crippen molar-refractivity contribution in [2.24, 2.45) is 0 Å². The molecule has 108 valence electrons. The zero-order valence-corrected chi connectivity index (χ0v) is 12.5. The monoisotopic (exact) mass is 344 g/mol. The van der Waals surface area contributed by atoms with Crippen LogP contribution < -0.4 is 5.32 Å². The largest absolute Gasteiger partial charge is 0.321 e. The van der Waals surface area contributed by atoms with Gasteiger partial charge in [-0.1, -0.05) is 34.8 Å². The fourth-order valence-corrected chi connectivity index (χ4v) is 2.24. The molecule has 1 N–H and O–H groups in total. The Morgan fingerprint density at radius 2 is 1.76 bits per heavy atom. The van der Waals surface area contributed by atoms with E-state index in [1.807, 2.05) is 0 Å². The van der Waals surface area contributed by atoms with Crippen molar-refractivity contribution in [3.8, 4) is 0 Å². The zero-order chi connectivity index (χ0) is 15.6. The van der Waals surface area contributed by atoms with Gasteiger partial charge in [0, 0.05) is 17.2 Å². The second kappa shape index (κ2) is 6.30. The molecule has 0 aromatic heterocycles. The Balaban J connectivity index is 2.32. The summed E-state index contributed by atoms with van der Waals surface area (Å²) in [7, 11) is 0. The van der Waals surface area contributed by atoms with E-state index in [0.717, 1.165) is 6.07 Å². The van der Waals surface area contributed by atoms with E-state index < -0.39 is 10.8 Å². The lowest BCUT2D eigenvalue weighted by atomic mass is 10.2. The van der Waals surface area contributed by atoms with E-state index in [1.54, 1.807) is 6.07 Å². The molecule has 2 aromatic rings. The number of carbonyl (C=O) groups excluding carboxylic acids is 1. The van der Waals surface area contributed by atoms with Gasteiger partial charge in [-0.25, -0.2) is 0 Å². The number of halogens is 3. The van der Waals surface area contributed by atoms with Crippen LogP contribution in [0.5, 0.6) is 0 Å². The van der Waals surface area contributed by atoms with E-state index in [-0.39, 0.29) is 21.3 Å². The summed E-state index contributed by atoms with van der Waals surface area (Å²) in [5, 5.41) is 14.0. The first kappa shape index (κ1) is 15.6. The molecule has 1 amide bonds. The quantitative estimate of drug-likeness (QED) is 0.641. The lowest BCUT2D eigenvalue weighted by Crippen LogP contribution is -2.13. The molecule has 0 unspecified atom stereocenters. The van der Waals surface area contributed by atoms with Crippen LogP contribution in [0.25, 0.3) is 0 Å². The molecule has 0 aliphatic heterocycles. The highest BCUT2D eigenvalue weighted by Crippen LogP contribution is 2.27. The number of carbonyl (C=O) groups is 1. The van der Waals surface area contributed by atoms with E-state index in [0.29, 0.717) is 10.7 Å². The van der Waals surface area contributed by atoms with Gasteiger partial charge in [-0.3, -0.25) is 14.9 Å².